The zero-order chi connectivity index (χ0) is 87.7. The summed E-state index contributed by atoms with van der Waals surface area (Å²) in [5.74, 6) is 2.51. The highest BCUT2D eigenvalue weighted by molar-refractivity contribution is 6.22. The van der Waals surface area contributed by atoms with Crippen molar-refractivity contribution in [2.24, 2.45) is 0 Å². The van der Waals surface area contributed by atoms with Crippen LogP contribution in [0.3, 0.4) is 0 Å². The molecule has 2 aliphatic rings. The highest BCUT2D eigenvalue weighted by atomic mass is 15.2. The van der Waals surface area contributed by atoms with Crippen molar-refractivity contribution in [2.45, 2.75) is 0 Å². The molecule has 0 amide bonds. The number of para-hydroxylation sites is 9. The van der Waals surface area contributed by atoms with Gasteiger partial charge in [-0.2, -0.15) is 0 Å². The summed E-state index contributed by atoms with van der Waals surface area (Å²) >= 11 is 0. The van der Waals surface area contributed by atoms with Crippen molar-refractivity contribution in [1.82, 2.24) is 55.6 Å². The molecule has 0 fully saturated rings. The first-order valence-corrected chi connectivity index (χ1v) is 46.2. The van der Waals surface area contributed by atoms with Gasteiger partial charge in [-0.25, -0.2) is 15.0 Å². The molecule has 0 radical (unpaired) electrons. The molecule has 9 heterocycles. The molecule has 20 aromatic carbocycles. The van der Waals surface area contributed by atoms with Crippen molar-refractivity contribution in [3.05, 3.63) is 437 Å². The molecule has 9 aromatic heterocycles. The number of aromatic nitrogens is 12. The van der Waals surface area contributed by atoms with Crippen LogP contribution in [0.25, 0.3) is 283 Å². The fraction of sp³-hybridized carbons (Fsp3) is 0. The summed E-state index contributed by atoms with van der Waals surface area (Å²) in [4.78, 5) is 17.4. The summed E-state index contributed by atoms with van der Waals surface area (Å²) in [6.07, 6.45) is 0. The summed E-state index contributed by atoms with van der Waals surface area (Å²) in [6, 6.07) is 161. The van der Waals surface area contributed by atoms with Crippen molar-refractivity contribution in [2.75, 3.05) is 0 Å². The van der Waals surface area contributed by atoms with Gasteiger partial charge in [0.1, 0.15) is 11.0 Å². The van der Waals surface area contributed by atoms with Crippen LogP contribution in [0.5, 0.6) is 0 Å². The fourth-order valence-corrected chi connectivity index (χ4v) is 23.6. The van der Waals surface area contributed by atoms with Crippen LogP contribution in [0.4, 0.5) is 0 Å². The lowest BCUT2D eigenvalue weighted by Crippen LogP contribution is -2.00. The van der Waals surface area contributed by atoms with Crippen molar-refractivity contribution in [3.63, 3.8) is 0 Å². The topological polar surface area (TPSA) is 81.5 Å². The standard InChI is InChI=1S/C123H72N12/c1-3-27-75(28-4-1)128-106-61-51-73(67-100(106)96-59-65-114-117(119(96)128)126-123-132(110-48-24-26-50-112(110)134(114)123)79-55-63-105-101(71-79)95-43-19-21-45-104(95)127(105)77-53-57-93-89-39-13-11-35-85(89)81-31-7-9-33-83(81)87-37-15-17-41-91(87)98(93)69-77)74-52-62-113-116(68-74)130(76-29-5-2-6-30-76)122-125-118-115(135(113)122)66-60-97-102-72-80(131-109-47-23-25-49-111(109)133-108-46-22-20-44-103(108)124-121(131)133)56-64-107(102)129(120(97)118)78-54-58-94-90-40-14-12-36-86(90)82-32-8-10-34-84(82)88-38-16-18-42-92(88)99(94)70-78/h1-72H. The maximum Gasteiger partial charge on any atom is 0.220 e. The lowest BCUT2D eigenvalue weighted by Gasteiger charge is -2.24. The average Bonchev–Trinajstić information content (AvgIpc) is 1.53. The van der Waals surface area contributed by atoms with Crippen molar-refractivity contribution < 1.29 is 0 Å². The van der Waals surface area contributed by atoms with Crippen LogP contribution in [0.1, 0.15) is 0 Å². The summed E-state index contributed by atoms with van der Waals surface area (Å²) in [5.41, 5.74) is 46.5. The third-order valence-corrected chi connectivity index (χ3v) is 29.3. The van der Waals surface area contributed by atoms with Gasteiger partial charge >= 0.3 is 0 Å². The molecule has 2 aliphatic carbocycles. The third-order valence-electron chi connectivity index (χ3n) is 29.3. The first kappa shape index (κ1) is 72.5. The second-order valence-corrected chi connectivity index (χ2v) is 36.1. The number of rotatable bonds is 7. The summed E-state index contributed by atoms with van der Waals surface area (Å²) < 4.78 is 21.5. The predicted octanol–water partition coefficient (Wildman–Crippen LogP) is 30.8. The maximum atomic E-state index is 6.05. The van der Waals surface area contributed by atoms with E-state index in [0.29, 0.717) is 0 Å². The Labute approximate surface area is 770 Å². The number of imidazole rings is 6. The molecule has 12 heteroatoms. The van der Waals surface area contributed by atoms with E-state index in [0.717, 1.165) is 194 Å². The predicted molar refractivity (Wildman–Crippen MR) is 555 cm³/mol. The van der Waals surface area contributed by atoms with Crippen LogP contribution in [-0.4, -0.2) is 55.6 Å². The molecule has 0 bridgehead atoms. The Morgan fingerprint density at radius 2 is 0.437 bits per heavy atom. The minimum Gasteiger partial charge on any atom is -0.309 e. The second kappa shape index (κ2) is 27.1. The van der Waals surface area contributed by atoms with E-state index in [1.807, 2.05) is 0 Å². The lowest BCUT2D eigenvalue weighted by atomic mass is 9.81. The molecule has 0 aliphatic heterocycles. The molecule has 135 heavy (non-hydrogen) atoms. The molecule has 31 rings (SSSR count). The second-order valence-electron chi connectivity index (χ2n) is 36.1. The van der Waals surface area contributed by atoms with Gasteiger partial charge in [0.25, 0.3) is 0 Å². The quantitative estimate of drug-likeness (QED) is 0.159. The fourth-order valence-electron chi connectivity index (χ4n) is 23.6. The maximum absolute atomic E-state index is 6.05. The number of nitrogens with zero attached hydrogens (tertiary/aromatic N) is 12. The summed E-state index contributed by atoms with van der Waals surface area (Å²) in [7, 11) is 0. The molecule has 0 saturated heterocycles. The molecule has 29 aromatic rings. The number of benzene rings is 20. The molecule has 0 N–H and O–H groups in total. The summed E-state index contributed by atoms with van der Waals surface area (Å²) in [6.45, 7) is 0. The van der Waals surface area contributed by atoms with Gasteiger partial charge in [-0.15, -0.1) is 0 Å². The number of hydrogen-bond donors (Lipinski definition) is 0. The van der Waals surface area contributed by atoms with Crippen LogP contribution in [-0.2, 0) is 0 Å². The monoisotopic (exact) mass is 1720 g/mol. The Balaban J connectivity index is 0.579. The zero-order valence-corrected chi connectivity index (χ0v) is 72.4. The molecule has 12 nitrogen and oxygen atoms in total. The van der Waals surface area contributed by atoms with Crippen molar-refractivity contribution in [1.29, 1.82) is 0 Å². The molecule has 0 unspecified atom stereocenters. The van der Waals surface area contributed by atoms with E-state index in [-0.39, 0.29) is 0 Å². The number of fused-ring (bicyclic) bond motifs is 42. The van der Waals surface area contributed by atoms with Crippen LogP contribution < -0.4 is 0 Å². The minimum atomic E-state index is 0.813. The van der Waals surface area contributed by atoms with Crippen LogP contribution in [0.2, 0.25) is 0 Å². The molecule has 0 spiro atoms. The average molecular weight is 1720 g/mol. The lowest BCUT2D eigenvalue weighted by molar-refractivity contribution is 1.11. The number of hydrogen-bond acceptors (Lipinski definition) is 3. The van der Waals surface area contributed by atoms with Gasteiger partial charge < -0.3 is 13.7 Å². The molecule has 624 valence electrons. The van der Waals surface area contributed by atoms with E-state index in [4.69, 9.17) is 15.0 Å². The summed E-state index contributed by atoms with van der Waals surface area (Å²) in [5, 5.41) is 6.77. The molecule has 0 saturated carbocycles. The van der Waals surface area contributed by atoms with Crippen LogP contribution >= 0.6 is 0 Å². The zero-order valence-electron chi connectivity index (χ0n) is 72.4. The van der Waals surface area contributed by atoms with Crippen molar-refractivity contribution in [3.8, 4) is 134 Å². The Bertz CT molecular complexity index is 10300. The Morgan fingerprint density at radius 1 is 0.141 bits per heavy atom. The van der Waals surface area contributed by atoms with Gasteiger partial charge in [0, 0.05) is 66.4 Å². The van der Waals surface area contributed by atoms with E-state index in [1.54, 1.807) is 0 Å². The largest absolute Gasteiger partial charge is 0.309 e. The Hall–Kier alpha value is -18.4. The minimum absolute atomic E-state index is 0.813. The van der Waals surface area contributed by atoms with Crippen LogP contribution in [0, 0.1) is 0 Å². The van der Waals surface area contributed by atoms with E-state index in [1.165, 1.54) is 88.8 Å². The van der Waals surface area contributed by atoms with E-state index < -0.39 is 0 Å². The molecular weight excluding hydrogens is 1650 g/mol. The highest BCUT2D eigenvalue weighted by Crippen LogP contribution is 2.53. The van der Waals surface area contributed by atoms with Gasteiger partial charge in [-0.1, -0.05) is 261 Å². The molecule has 0 atom stereocenters. The molecular formula is C123H72N12. The van der Waals surface area contributed by atoms with E-state index in [2.05, 4.69) is 477 Å². The van der Waals surface area contributed by atoms with Crippen LogP contribution in [0.15, 0.2) is 437 Å². The van der Waals surface area contributed by atoms with Gasteiger partial charge in [-0.3, -0.25) is 26.9 Å². The highest BCUT2D eigenvalue weighted by Gasteiger charge is 2.32. The van der Waals surface area contributed by atoms with Gasteiger partial charge in [-0.05, 0) is 276 Å². The van der Waals surface area contributed by atoms with E-state index in [9.17, 15) is 0 Å². The first-order valence-electron chi connectivity index (χ1n) is 46.2. The van der Waals surface area contributed by atoms with Crippen molar-refractivity contribution >= 4 is 149 Å². The third kappa shape index (κ3) is 9.93. The van der Waals surface area contributed by atoms with Gasteiger partial charge in [0.15, 0.2) is 0 Å². The smallest absolute Gasteiger partial charge is 0.220 e. The first-order chi connectivity index (χ1) is 67.0. The Morgan fingerprint density at radius 3 is 0.926 bits per heavy atom. The SMILES string of the molecule is c1ccc(-n2c3ccc(-c4ccc5c(c4)n(-c4ccccc4)c4nc6c7c(ccc6n54)c4cc(-n5c6ccccc6n6c8ccccc8nc56)ccc4n7-c4ccc5c(c4)-c4ccccc4-c4ccccc4-c4ccccc4-5)cc3c3ccc4c(nc5n(-c6ccc7c(c6)c6ccccc6n7-c6ccc7c(c6)-c6ccccc6-c6ccccc6-c6ccccc6-7)c6ccccc6n45)c32)cc1. The van der Waals surface area contributed by atoms with Gasteiger partial charge in [0.2, 0.25) is 17.3 Å². The van der Waals surface area contributed by atoms with E-state index >= 15 is 0 Å². The Kier molecular flexibility index (Phi) is 14.6. The van der Waals surface area contributed by atoms with Gasteiger partial charge in [0.05, 0.1) is 88.3 Å². The normalized spacial score (nSPS) is 12.4.